The lowest BCUT2D eigenvalue weighted by atomic mass is 9.63. The predicted octanol–water partition coefficient (Wildman–Crippen LogP) is 5.76. The number of ether oxygens (including phenoxy) is 10. The highest BCUT2D eigenvalue weighted by atomic mass is 16.7. The molecule has 1 aliphatic carbocycles. The van der Waals surface area contributed by atoms with Crippen molar-refractivity contribution in [3.8, 4) is 40.2 Å². The quantitative estimate of drug-likeness (QED) is 0.145. The fourth-order valence-electron chi connectivity index (χ4n) is 8.70. The number of methoxy groups -OCH3 is 7. The Hall–Kier alpha value is -5.67. The van der Waals surface area contributed by atoms with Crippen molar-refractivity contribution in [2.24, 2.45) is 17.8 Å². The van der Waals surface area contributed by atoms with E-state index in [1.54, 1.807) is 13.2 Å². The molecule has 3 aromatic carbocycles. The molecule has 2 fully saturated rings. The number of rotatable bonds is 11. The number of carbonyl (C=O) groups is 3. The van der Waals surface area contributed by atoms with Gasteiger partial charge in [0.15, 0.2) is 11.5 Å². The summed E-state index contributed by atoms with van der Waals surface area (Å²) in [6.45, 7) is 1.56. The van der Waals surface area contributed by atoms with Crippen LogP contribution in [-0.2, 0) is 25.4 Å². The Morgan fingerprint density at radius 3 is 2.05 bits per heavy atom. The van der Waals surface area contributed by atoms with Crippen molar-refractivity contribution in [3.05, 3.63) is 65.4 Å². The Bertz CT molecular complexity index is 2070. The van der Waals surface area contributed by atoms with Gasteiger partial charge in [-0.15, -0.1) is 0 Å². The molecule has 1 saturated carbocycles. The van der Waals surface area contributed by atoms with Crippen molar-refractivity contribution in [1.29, 1.82) is 0 Å². The average Bonchev–Trinajstić information content (AvgIpc) is 3.60. The fraction of sp³-hybridized carbons (Fsp3) is 0.439. The molecule has 2 aliphatic heterocycles. The molecule has 7 rings (SSSR count). The molecule has 298 valence electrons. The topological polar surface area (TPSA) is 163 Å². The van der Waals surface area contributed by atoms with E-state index < -0.39 is 36.2 Å². The van der Waals surface area contributed by atoms with Crippen molar-refractivity contribution in [2.75, 3.05) is 62.9 Å². The molecule has 6 atom stereocenters. The number of hydrogen-bond donors (Lipinski definition) is 1. The van der Waals surface area contributed by atoms with Gasteiger partial charge < -0.3 is 52.4 Å². The zero-order valence-electron chi connectivity index (χ0n) is 32.4. The molecule has 3 heterocycles. The van der Waals surface area contributed by atoms with Crippen LogP contribution in [-0.4, -0.2) is 103 Å². The first-order valence-corrected chi connectivity index (χ1v) is 18.3. The number of H-pyrrole nitrogens is 1. The number of nitrogens with one attached hydrogen (secondary N) is 1. The van der Waals surface area contributed by atoms with Gasteiger partial charge in [0.1, 0.15) is 35.2 Å². The molecule has 1 saturated heterocycles. The highest BCUT2D eigenvalue weighted by molar-refractivity contribution is 5.92. The summed E-state index contributed by atoms with van der Waals surface area (Å²) in [5.74, 6) is -0.304. The summed E-state index contributed by atoms with van der Waals surface area (Å²) in [6.07, 6.45) is -0.607. The van der Waals surface area contributed by atoms with Gasteiger partial charge in [-0.3, -0.25) is 9.69 Å². The largest absolute Gasteiger partial charge is 0.519 e. The standard InChI is InChI=1S/C41H46N2O13/c1-47-23-8-9-27-28-10-11-43-20-22-14-34(38(52-6)35(40(45)53-7)29(22)19-31(43)36(28)42-30(27)18-23)55-39(44)21-12-32(50-4)37(33(13-21)51-5)56-41(46)54-26-16-24(48-2)15-25(17-26)49-3/h8-9,12-13,15-18,22,29,31,34-35,38,42H,10-11,14,19-20H2,1-7H3/t22-,29+,31-,34-,35+,38+/m1/s1. The lowest BCUT2D eigenvalue weighted by molar-refractivity contribution is -0.176. The Labute approximate surface area is 323 Å². The van der Waals surface area contributed by atoms with E-state index in [1.807, 2.05) is 12.1 Å². The summed E-state index contributed by atoms with van der Waals surface area (Å²) in [7, 11) is 10.2. The second-order valence-electron chi connectivity index (χ2n) is 14.0. The molecule has 3 aliphatic rings. The van der Waals surface area contributed by atoms with Crippen molar-refractivity contribution in [1.82, 2.24) is 9.88 Å². The number of aromatic nitrogens is 1. The first-order chi connectivity index (χ1) is 27.1. The molecule has 0 unspecified atom stereocenters. The van der Waals surface area contributed by atoms with Crippen LogP contribution in [0.3, 0.4) is 0 Å². The van der Waals surface area contributed by atoms with Crippen molar-refractivity contribution in [3.63, 3.8) is 0 Å². The van der Waals surface area contributed by atoms with Gasteiger partial charge in [-0.2, -0.15) is 0 Å². The van der Waals surface area contributed by atoms with Crippen LogP contribution in [0.1, 0.15) is 40.5 Å². The third-order valence-electron chi connectivity index (χ3n) is 11.3. The van der Waals surface area contributed by atoms with E-state index in [2.05, 4.69) is 16.0 Å². The molecule has 0 bridgehead atoms. The second-order valence-corrected chi connectivity index (χ2v) is 14.0. The van der Waals surface area contributed by atoms with Gasteiger partial charge in [0.25, 0.3) is 0 Å². The molecular weight excluding hydrogens is 728 g/mol. The van der Waals surface area contributed by atoms with Crippen LogP contribution in [0.4, 0.5) is 4.79 Å². The first-order valence-electron chi connectivity index (χ1n) is 18.3. The van der Waals surface area contributed by atoms with E-state index in [4.69, 9.17) is 47.4 Å². The average molecular weight is 775 g/mol. The van der Waals surface area contributed by atoms with Gasteiger partial charge in [0, 0.05) is 61.1 Å². The first kappa shape index (κ1) is 38.6. The monoisotopic (exact) mass is 774 g/mol. The van der Waals surface area contributed by atoms with E-state index in [-0.39, 0.29) is 46.4 Å². The lowest BCUT2D eigenvalue weighted by Crippen LogP contribution is -2.58. The zero-order valence-corrected chi connectivity index (χ0v) is 32.4. The molecular formula is C41H46N2O13. The van der Waals surface area contributed by atoms with Gasteiger partial charge in [-0.05, 0) is 60.9 Å². The highest BCUT2D eigenvalue weighted by Crippen LogP contribution is 2.51. The van der Waals surface area contributed by atoms with Crippen LogP contribution in [0.25, 0.3) is 10.9 Å². The third kappa shape index (κ3) is 7.23. The second kappa shape index (κ2) is 16.2. The molecule has 0 spiro atoms. The highest BCUT2D eigenvalue weighted by Gasteiger charge is 2.54. The summed E-state index contributed by atoms with van der Waals surface area (Å²) in [6, 6.07) is 13.5. The Morgan fingerprint density at radius 2 is 1.43 bits per heavy atom. The molecule has 0 amide bonds. The molecule has 0 radical (unpaired) electrons. The van der Waals surface area contributed by atoms with Gasteiger partial charge in [0.05, 0.1) is 60.2 Å². The number of hydrogen-bond acceptors (Lipinski definition) is 14. The maximum Gasteiger partial charge on any atom is 0.519 e. The number of nitrogens with zero attached hydrogens (tertiary/aromatic N) is 1. The minimum absolute atomic E-state index is 0.00845. The Kier molecular flexibility index (Phi) is 11.2. The zero-order chi connectivity index (χ0) is 39.7. The van der Waals surface area contributed by atoms with E-state index >= 15 is 0 Å². The van der Waals surface area contributed by atoms with Gasteiger partial charge in [-0.25, -0.2) is 9.59 Å². The SMILES string of the molecule is COC(=O)[C@H]1[C@H]2C[C@@H]3c4[nH]c5cc(OC)ccc5c4CCN3C[C@H]2C[C@@H](OC(=O)c2cc(OC)c(OC(=O)Oc3cc(OC)cc(OC)c3)c(OC)c2)[C@@H]1OC. The molecule has 15 heteroatoms. The number of piperidine rings is 1. The van der Waals surface area contributed by atoms with Crippen LogP contribution < -0.4 is 33.2 Å². The molecule has 1 aromatic heterocycles. The summed E-state index contributed by atoms with van der Waals surface area (Å²) in [4.78, 5) is 46.6. The normalized spacial score (nSPS) is 22.8. The molecule has 1 N–H and O–H groups in total. The minimum Gasteiger partial charge on any atom is -0.497 e. The molecule has 15 nitrogen and oxygen atoms in total. The maximum atomic E-state index is 13.9. The van der Waals surface area contributed by atoms with Crippen molar-refractivity contribution >= 4 is 29.0 Å². The third-order valence-corrected chi connectivity index (χ3v) is 11.3. The van der Waals surface area contributed by atoms with Crippen LogP contribution in [0.15, 0.2) is 48.5 Å². The number of esters is 2. The molecule has 56 heavy (non-hydrogen) atoms. The number of carbonyl (C=O) groups excluding carboxylic acids is 3. The summed E-state index contributed by atoms with van der Waals surface area (Å²) < 4.78 is 55.4. The molecule has 4 aromatic rings. The van der Waals surface area contributed by atoms with Crippen LogP contribution in [0, 0.1) is 17.8 Å². The van der Waals surface area contributed by atoms with Crippen LogP contribution >= 0.6 is 0 Å². The van der Waals surface area contributed by atoms with Crippen LogP contribution in [0.2, 0.25) is 0 Å². The fourth-order valence-corrected chi connectivity index (χ4v) is 8.70. The minimum atomic E-state index is -1.11. The van der Waals surface area contributed by atoms with E-state index in [1.165, 1.54) is 77.9 Å². The summed E-state index contributed by atoms with van der Waals surface area (Å²) >= 11 is 0. The number of benzene rings is 3. The Morgan fingerprint density at radius 1 is 0.750 bits per heavy atom. The van der Waals surface area contributed by atoms with Crippen LogP contribution in [0.5, 0.6) is 40.2 Å². The number of aromatic amines is 1. The van der Waals surface area contributed by atoms with Gasteiger partial charge >= 0.3 is 18.1 Å². The van der Waals surface area contributed by atoms with Gasteiger partial charge in [-0.1, -0.05) is 0 Å². The Balaban J connectivity index is 1.11. The van der Waals surface area contributed by atoms with Crippen molar-refractivity contribution in [2.45, 2.75) is 37.5 Å². The predicted molar refractivity (Wildman–Crippen MR) is 200 cm³/mol. The van der Waals surface area contributed by atoms with E-state index in [9.17, 15) is 14.4 Å². The van der Waals surface area contributed by atoms with Crippen molar-refractivity contribution < 1.29 is 61.8 Å². The smallest absolute Gasteiger partial charge is 0.497 e. The van der Waals surface area contributed by atoms with E-state index in [0.717, 1.165) is 29.9 Å². The maximum absolute atomic E-state index is 13.9. The lowest BCUT2D eigenvalue weighted by Gasteiger charge is -2.52. The summed E-state index contributed by atoms with van der Waals surface area (Å²) in [5.41, 5.74) is 3.54. The summed E-state index contributed by atoms with van der Waals surface area (Å²) in [5, 5.41) is 1.18. The number of fused-ring (bicyclic) bond motifs is 6. The van der Waals surface area contributed by atoms with E-state index in [0.29, 0.717) is 30.9 Å². The van der Waals surface area contributed by atoms with Gasteiger partial charge in [0.2, 0.25) is 5.75 Å².